The van der Waals surface area contributed by atoms with Crippen molar-refractivity contribution in [1.29, 1.82) is 0 Å². The van der Waals surface area contributed by atoms with Gasteiger partial charge in [0.1, 0.15) is 0 Å². The molecule has 0 amide bonds. The third kappa shape index (κ3) is 0.996. The van der Waals surface area contributed by atoms with E-state index < -0.39 is 0 Å². The fourth-order valence-corrected chi connectivity index (χ4v) is 1.19. The maximum absolute atomic E-state index is 11.7. The first-order chi connectivity index (χ1) is 3.86. The molecule has 0 radical (unpaired) electrons. The van der Waals surface area contributed by atoms with Crippen molar-refractivity contribution < 1.29 is 4.39 Å². The smallest absolute Gasteiger partial charge is 0.0922 e. The molecule has 1 fully saturated rings. The molecular weight excluding hydrogens is 105 g/mol. The van der Waals surface area contributed by atoms with Crippen LogP contribution in [0.3, 0.4) is 0 Å². The lowest BCUT2D eigenvalue weighted by molar-refractivity contribution is 0.161. The summed E-state index contributed by atoms with van der Waals surface area (Å²) in [5, 5.41) is 0. The molecule has 1 aliphatic carbocycles. The highest BCUT2D eigenvalue weighted by Crippen LogP contribution is 2.32. The zero-order chi connectivity index (χ0) is 5.98. The minimum absolute atomic E-state index is 0.142. The molecule has 0 aliphatic heterocycles. The highest BCUT2D eigenvalue weighted by molar-refractivity contribution is 4.78. The number of hydrogen-bond acceptors (Lipinski definition) is 1. The summed E-state index contributed by atoms with van der Waals surface area (Å²) in [7, 11) is 0. The van der Waals surface area contributed by atoms with Gasteiger partial charge >= 0.3 is 0 Å². The van der Waals surface area contributed by atoms with Crippen LogP contribution in [0.15, 0.2) is 0 Å². The quantitative estimate of drug-likeness (QED) is 0.572. The van der Waals surface area contributed by atoms with E-state index in [-0.39, 0.29) is 6.67 Å². The van der Waals surface area contributed by atoms with Crippen molar-refractivity contribution in [3.8, 4) is 0 Å². The molecule has 0 atom stereocenters. The molecular formula is C6H12FN. The van der Waals surface area contributed by atoms with Crippen LogP contribution in [0.25, 0.3) is 0 Å². The van der Waals surface area contributed by atoms with Crippen molar-refractivity contribution in [3.05, 3.63) is 0 Å². The third-order valence-electron chi connectivity index (χ3n) is 1.88. The van der Waals surface area contributed by atoms with Crippen LogP contribution >= 0.6 is 0 Å². The Bertz CT molecular complexity index is 60.9. The van der Waals surface area contributed by atoms with Crippen LogP contribution in [0.4, 0.5) is 4.39 Å². The van der Waals surface area contributed by atoms with Crippen molar-refractivity contribution in [2.45, 2.75) is 12.8 Å². The van der Waals surface area contributed by atoms with Gasteiger partial charge in [0.2, 0.25) is 0 Å². The monoisotopic (exact) mass is 117 g/mol. The Balaban J connectivity index is 2.03. The minimum atomic E-state index is -0.142. The standard InChI is InChI=1S/C6H12FN/c7-3-5-1-6(2-5)4-8/h5-6H,1-4,8H2. The predicted octanol–water partition coefficient (Wildman–Crippen LogP) is 0.941. The van der Waals surface area contributed by atoms with Gasteiger partial charge in [-0.3, -0.25) is 4.39 Å². The summed E-state index contributed by atoms with van der Waals surface area (Å²) in [6.07, 6.45) is 2.04. The molecule has 0 heterocycles. The summed E-state index contributed by atoms with van der Waals surface area (Å²) in [6.45, 7) is 0.604. The molecule has 2 N–H and O–H groups in total. The second-order valence-electron chi connectivity index (χ2n) is 2.59. The van der Waals surface area contributed by atoms with Gasteiger partial charge in [0.15, 0.2) is 0 Å². The van der Waals surface area contributed by atoms with Crippen LogP contribution in [-0.2, 0) is 0 Å². The van der Waals surface area contributed by atoms with Crippen molar-refractivity contribution >= 4 is 0 Å². The van der Waals surface area contributed by atoms with Crippen molar-refractivity contribution in [2.75, 3.05) is 13.2 Å². The Morgan fingerprint density at radius 2 is 2.00 bits per heavy atom. The molecule has 1 saturated carbocycles. The molecule has 8 heavy (non-hydrogen) atoms. The van der Waals surface area contributed by atoms with E-state index in [0.29, 0.717) is 11.8 Å². The van der Waals surface area contributed by atoms with Crippen LogP contribution in [-0.4, -0.2) is 13.2 Å². The lowest BCUT2D eigenvalue weighted by Gasteiger charge is -2.32. The molecule has 0 bridgehead atoms. The summed E-state index contributed by atoms with van der Waals surface area (Å²) in [5.41, 5.74) is 5.33. The summed E-state index contributed by atoms with van der Waals surface area (Å²) in [4.78, 5) is 0. The molecule has 1 aliphatic rings. The molecule has 0 aromatic carbocycles. The van der Waals surface area contributed by atoms with Crippen molar-refractivity contribution in [1.82, 2.24) is 0 Å². The summed E-state index contributed by atoms with van der Waals surface area (Å²) in [6, 6.07) is 0. The molecule has 1 nitrogen and oxygen atoms in total. The molecule has 48 valence electrons. The van der Waals surface area contributed by atoms with Gasteiger partial charge in [0.05, 0.1) is 6.67 Å². The Kier molecular flexibility index (Phi) is 1.84. The van der Waals surface area contributed by atoms with E-state index in [1.807, 2.05) is 0 Å². The zero-order valence-corrected chi connectivity index (χ0v) is 4.94. The maximum atomic E-state index is 11.7. The SMILES string of the molecule is NCC1CC(CF)C1. The second-order valence-corrected chi connectivity index (χ2v) is 2.59. The average Bonchev–Trinajstić information content (AvgIpc) is 1.65. The molecule has 0 unspecified atom stereocenters. The minimum Gasteiger partial charge on any atom is -0.330 e. The van der Waals surface area contributed by atoms with E-state index in [1.165, 1.54) is 0 Å². The molecule has 0 saturated heterocycles. The summed E-state index contributed by atoms with van der Waals surface area (Å²) >= 11 is 0. The van der Waals surface area contributed by atoms with E-state index in [2.05, 4.69) is 0 Å². The van der Waals surface area contributed by atoms with Gasteiger partial charge in [-0.25, -0.2) is 0 Å². The van der Waals surface area contributed by atoms with Gasteiger partial charge in [-0.05, 0) is 31.2 Å². The molecule has 0 spiro atoms. The van der Waals surface area contributed by atoms with Gasteiger partial charge in [0, 0.05) is 0 Å². The van der Waals surface area contributed by atoms with Crippen LogP contribution in [0.2, 0.25) is 0 Å². The average molecular weight is 117 g/mol. The number of nitrogens with two attached hydrogens (primary N) is 1. The van der Waals surface area contributed by atoms with E-state index in [4.69, 9.17) is 5.73 Å². The van der Waals surface area contributed by atoms with E-state index in [1.54, 1.807) is 0 Å². The Hall–Kier alpha value is -0.110. The van der Waals surface area contributed by atoms with Gasteiger partial charge in [-0.1, -0.05) is 0 Å². The lowest BCUT2D eigenvalue weighted by Crippen LogP contribution is -2.30. The second kappa shape index (κ2) is 2.44. The lowest BCUT2D eigenvalue weighted by atomic mass is 9.76. The first-order valence-electron chi connectivity index (χ1n) is 3.12. The predicted molar refractivity (Wildman–Crippen MR) is 31.2 cm³/mol. The highest BCUT2D eigenvalue weighted by Gasteiger charge is 2.27. The Morgan fingerprint density at radius 1 is 1.38 bits per heavy atom. The first-order valence-corrected chi connectivity index (χ1v) is 3.12. The Labute approximate surface area is 49.1 Å². The molecule has 2 heteroatoms. The fraction of sp³-hybridized carbons (Fsp3) is 1.00. The number of hydrogen-bond donors (Lipinski definition) is 1. The van der Waals surface area contributed by atoms with E-state index in [0.717, 1.165) is 19.4 Å². The van der Waals surface area contributed by atoms with Gasteiger partial charge in [0.25, 0.3) is 0 Å². The van der Waals surface area contributed by atoms with E-state index in [9.17, 15) is 4.39 Å². The topological polar surface area (TPSA) is 26.0 Å². The first kappa shape index (κ1) is 6.02. The van der Waals surface area contributed by atoms with Crippen LogP contribution in [0, 0.1) is 11.8 Å². The summed E-state index contributed by atoms with van der Waals surface area (Å²) < 4.78 is 11.7. The third-order valence-corrected chi connectivity index (χ3v) is 1.88. The number of halogens is 1. The zero-order valence-electron chi connectivity index (χ0n) is 4.94. The molecule has 0 aromatic heterocycles. The van der Waals surface area contributed by atoms with Gasteiger partial charge < -0.3 is 5.73 Å². The van der Waals surface area contributed by atoms with Crippen LogP contribution in [0.5, 0.6) is 0 Å². The van der Waals surface area contributed by atoms with Crippen molar-refractivity contribution in [3.63, 3.8) is 0 Å². The van der Waals surface area contributed by atoms with Crippen LogP contribution < -0.4 is 5.73 Å². The normalized spacial score (nSPS) is 36.8. The highest BCUT2D eigenvalue weighted by atomic mass is 19.1. The fourth-order valence-electron chi connectivity index (χ4n) is 1.19. The largest absolute Gasteiger partial charge is 0.330 e. The van der Waals surface area contributed by atoms with Gasteiger partial charge in [-0.2, -0.15) is 0 Å². The van der Waals surface area contributed by atoms with Crippen molar-refractivity contribution in [2.24, 2.45) is 17.6 Å². The van der Waals surface area contributed by atoms with Crippen LogP contribution in [0.1, 0.15) is 12.8 Å². The van der Waals surface area contributed by atoms with Gasteiger partial charge in [-0.15, -0.1) is 0 Å². The number of rotatable bonds is 2. The maximum Gasteiger partial charge on any atom is 0.0922 e. The molecule has 0 aromatic rings. The summed E-state index contributed by atoms with van der Waals surface area (Å²) in [5.74, 6) is 0.985. The van der Waals surface area contributed by atoms with E-state index >= 15 is 0 Å². The Morgan fingerprint density at radius 3 is 2.38 bits per heavy atom. The molecule has 1 rings (SSSR count). The number of alkyl halides is 1.